The quantitative estimate of drug-likeness (QED) is 0.754. The molecular formula is C20H23N3O3. The average Bonchev–Trinajstić information content (AvgIpc) is 2.64. The van der Waals surface area contributed by atoms with E-state index in [1.807, 2.05) is 32.0 Å². The molecule has 1 atom stereocenters. The summed E-state index contributed by atoms with van der Waals surface area (Å²) in [5, 5.41) is 14.9. The van der Waals surface area contributed by atoms with Gasteiger partial charge in [0.05, 0.1) is 24.8 Å². The minimum Gasteiger partial charge on any atom is -0.490 e. The van der Waals surface area contributed by atoms with Crippen molar-refractivity contribution in [1.29, 1.82) is 5.26 Å². The molecule has 0 saturated carbocycles. The summed E-state index contributed by atoms with van der Waals surface area (Å²) < 4.78 is 11.1. The Bertz CT molecular complexity index is 799. The lowest BCUT2D eigenvalue weighted by atomic mass is 10.2. The van der Waals surface area contributed by atoms with E-state index in [4.69, 9.17) is 14.7 Å². The first kappa shape index (κ1) is 19.1. The van der Waals surface area contributed by atoms with Crippen molar-refractivity contribution in [3.63, 3.8) is 0 Å². The van der Waals surface area contributed by atoms with Gasteiger partial charge in [0, 0.05) is 17.4 Å². The van der Waals surface area contributed by atoms with Crippen molar-refractivity contribution in [2.24, 2.45) is 0 Å². The lowest BCUT2D eigenvalue weighted by Crippen LogP contribution is -2.31. The molecule has 0 aromatic heterocycles. The number of anilines is 2. The molecule has 0 radical (unpaired) electrons. The van der Waals surface area contributed by atoms with Crippen LogP contribution in [0, 0.1) is 11.3 Å². The molecule has 2 aromatic carbocycles. The molecule has 0 unspecified atom stereocenters. The number of hydrogen-bond donors (Lipinski definition) is 2. The van der Waals surface area contributed by atoms with Gasteiger partial charge >= 0.3 is 0 Å². The largest absolute Gasteiger partial charge is 0.490 e. The third-order valence-corrected chi connectivity index (χ3v) is 3.58. The Morgan fingerprint density at radius 3 is 2.50 bits per heavy atom. The standard InChI is InChI=1S/C20H23N3O3/c1-4-25-18-10-9-17(12-19(18)26-5-2)22-14(3)20(24)23-16-8-6-7-15(11-16)13-21/h6-12,14,22H,4-5H2,1-3H3,(H,23,24)/t14-/m0/s1. The van der Waals surface area contributed by atoms with Crippen LogP contribution in [0.3, 0.4) is 0 Å². The Morgan fingerprint density at radius 2 is 1.81 bits per heavy atom. The molecule has 0 aliphatic rings. The molecule has 2 N–H and O–H groups in total. The monoisotopic (exact) mass is 353 g/mol. The average molecular weight is 353 g/mol. The van der Waals surface area contributed by atoms with Crippen LogP contribution in [-0.2, 0) is 4.79 Å². The number of benzene rings is 2. The van der Waals surface area contributed by atoms with Crippen LogP contribution in [0.1, 0.15) is 26.3 Å². The van der Waals surface area contributed by atoms with E-state index in [9.17, 15) is 4.79 Å². The van der Waals surface area contributed by atoms with Gasteiger partial charge in [0.2, 0.25) is 5.91 Å². The van der Waals surface area contributed by atoms with Gasteiger partial charge in [0.1, 0.15) is 6.04 Å². The van der Waals surface area contributed by atoms with Crippen LogP contribution >= 0.6 is 0 Å². The van der Waals surface area contributed by atoms with Gasteiger partial charge in [-0.1, -0.05) is 6.07 Å². The highest BCUT2D eigenvalue weighted by Gasteiger charge is 2.14. The number of nitriles is 1. The molecule has 6 heteroatoms. The van der Waals surface area contributed by atoms with E-state index in [2.05, 4.69) is 16.7 Å². The van der Waals surface area contributed by atoms with Crippen LogP contribution in [-0.4, -0.2) is 25.2 Å². The minimum atomic E-state index is -0.479. The maximum absolute atomic E-state index is 12.4. The summed E-state index contributed by atoms with van der Waals surface area (Å²) in [4.78, 5) is 12.4. The number of ether oxygens (including phenoxy) is 2. The van der Waals surface area contributed by atoms with E-state index < -0.39 is 6.04 Å². The molecule has 2 aromatic rings. The molecule has 0 fully saturated rings. The van der Waals surface area contributed by atoms with Crippen LogP contribution in [0.4, 0.5) is 11.4 Å². The van der Waals surface area contributed by atoms with Crippen molar-refractivity contribution in [3.8, 4) is 17.6 Å². The Hall–Kier alpha value is -3.20. The van der Waals surface area contributed by atoms with Crippen molar-refractivity contribution in [1.82, 2.24) is 0 Å². The molecule has 0 aliphatic carbocycles. The molecule has 6 nitrogen and oxygen atoms in total. The Morgan fingerprint density at radius 1 is 1.08 bits per heavy atom. The predicted octanol–water partition coefficient (Wildman–Crippen LogP) is 3.79. The summed E-state index contributed by atoms with van der Waals surface area (Å²) in [7, 11) is 0. The summed E-state index contributed by atoms with van der Waals surface area (Å²) in [6.45, 7) is 6.65. The van der Waals surface area contributed by atoms with E-state index in [0.717, 1.165) is 5.69 Å². The molecule has 26 heavy (non-hydrogen) atoms. The van der Waals surface area contributed by atoms with Crippen molar-refractivity contribution in [2.75, 3.05) is 23.8 Å². The van der Waals surface area contributed by atoms with Gasteiger partial charge in [-0.2, -0.15) is 5.26 Å². The summed E-state index contributed by atoms with van der Waals surface area (Å²) in [6.07, 6.45) is 0. The number of amides is 1. The molecule has 0 heterocycles. The van der Waals surface area contributed by atoms with E-state index in [1.54, 1.807) is 31.2 Å². The minimum absolute atomic E-state index is 0.202. The highest BCUT2D eigenvalue weighted by molar-refractivity contribution is 5.96. The normalized spacial score (nSPS) is 11.2. The third-order valence-electron chi connectivity index (χ3n) is 3.58. The fourth-order valence-corrected chi connectivity index (χ4v) is 2.37. The summed E-state index contributed by atoms with van der Waals surface area (Å²) in [6, 6.07) is 13.8. The van der Waals surface area contributed by atoms with Crippen LogP contribution in [0.2, 0.25) is 0 Å². The zero-order valence-corrected chi connectivity index (χ0v) is 15.2. The van der Waals surface area contributed by atoms with Crippen molar-refractivity contribution in [2.45, 2.75) is 26.8 Å². The second kappa shape index (κ2) is 9.33. The summed E-state index contributed by atoms with van der Waals surface area (Å²) in [5.74, 6) is 1.10. The van der Waals surface area contributed by atoms with Crippen molar-refractivity contribution >= 4 is 17.3 Å². The first-order chi connectivity index (χ1) is 12.6. The molecule has 0 bridgehead atoms. The van der Waals surface area contributed by atoms with Gasteiger partial charge in [0.15, 0.2) is 11.5 Å². The Balaban J connectivity index is 2.05. The molecular weight excluding hydrogens is 330 g/mol. The van der Waals surface area contributed by atoms with Gasteiger partial charge in [0.25, 0.3) is 0 Å². The van der Waals surface area contributed by atoms with Crippen molar-refractivity contribution < 1.29 is 14.3 Å². The molecule has 0 aliphatic heterocycles. The van der Waals surface area contributed by atoms with Crippen molar-refractivity contribution in [3.05, 3.63) is 48.0 Å². The van der Waals surface area contributed by atoms with E-state index in [1.165, 1.54) is 0 Å². The third kappa shape index (κ3) is 5.15. The highest BCUT2D eigenvalue weighted by Crippen LogP contribution is 2.31. The lowest BCUT2D eigenvalue weighted by Gasteiger charge is -2.17. The second-order valence-electron chi connectivity index (χ2n) is 5.58. The SMILES string of the molecule is CCOc1ccc(N[C@@H](C)C(=O)Nc2cccc(C#N)c2)cc1OCC. The number of hydrogen-bond acceptors (Lipinski definition) is 5. The van der Waals surface area contributed by atoms with Crippen LogP contribution in [0.5, 0.6) is 11.5 Å². The second-order valence-corrected chi connectivity index (χ2v) is 5.58. The topological polar surface area (TPSA) is 83.4 Å². The van der Waals surface area contributed by atoms with Crippen LogP contribution in [0.15, 0.2) is 42.5 Å². The molecule has 1 amide bonds. The Kier molecular flexibility index (Phi) is 6.86. The smallest absolute Gasteiger partial charge is 0.246 e. The molecule has 0 spiro atoms. The van der Waals surface area contributed by atoms with E-state index >= 15 is 0 Å². The number of nitrogens with zero attached hydrogens (tertiary/aromatic N) is 1. The van der Waals surface area contributed by atoms with Gasteiger partial charge in [-0.3, -0.25) is 4.79 Å². The van der Waals surface area contributed by atoms with E-state index in [0.29, 0.717) is 36.0 Å². The molecule has 0 saturated heterocycles. The van der Waals surface area contributed by atoms with Gasteiger partial charge in [-0.05, 0) is 51.1 Å². The van der Waals surface area contributed by atoms with Gasteiger partial charge in [-0.15, -0.1) is 0 Å². The molecule has 136 valence electrons. The van der Waals surface area contributed by atoms with Gasteiger partial charge < -0.3 is 20.1 Å². The van der Waals surface area contributed by atoms with Crippen LogP contribution in [0.25, 0.3) is 0 Å². The summed E-state index contributed by atoms with van der Waals surface area (Å²) in [5.41, 5.74) is 1.84. The lowest BCUT2D eigenvalue weighted by molar-refractivity contribution is -0.116. The first-order valence-electron chi connectivity index (χ1n) is 8.54. The number of carbonyl (C=O) groups is 1. The number of carbonyl (C=O) groups excluding carboxylic acids is 1. The predicted molar refractivity (Wildman–Crippen MR) is 102 cm³/mol. The fraction of sp³-hybridized carbons (Fsp3) is 0.300. The van der Waals surface area contributed by atoms with E-state index in [-0.39, 0.29) is 5.91 Å². The Labute approximate surface area is 153 Å². The maximum Gasteiger partial charge on any atom is 0.246 e. The highest BCUT2D eigenvalue weighted by atomic mass is 16.5. The zero-order valence-electron chi connectivity index (χ0n) is 15.2. The van der Waals surface area contributed by atoms with Crippen LogP contribution < -0.4 is 20.1 Å². The fourth-order valence-electron chi connectivity index (χ4n) is 2.37. The molecule has 2 rings (SSSR count). The summed E-state index contributed by atoms with van der Waals surface area (Å²) >= 11 is 0. The van der Waals surface area contributed by atoms with Gasteiger partial charge in [-0.25, -0.2) is 0 Å². The zero-order chi connectivity index (χ0) is 18.9. The number of rotatable bonds is 8. The first-order valence-corrected chi connectivity index (χ1v) is 8.54. The number of nitrogens with one attached hydrogen (secondary N) is 2. The maximum atomic E-state index is 12.4.